The number of carbonyl (C=O) groups excluding carboxylic acids is 2. The molecule has 0 saturated carbocycles. The van der Waals surface area contributed by atoms with E-state index in [9.17, 15) is 9.59 Å². The topological polar surface area (TPSA) is 55.8 Å². The van der Waals surface area contributed by atoms with E-state index in [-0.39, 0.29) is 18.6 Å². The summed E-state index contributed by atoms with van der Waals surface area (Å²) in [5.74, 6) is 0.843. The molecule has 3 rings (SSSR count). The summed E-state index contributed by atoms with van der Waals surface area (Å²) in [6, 6.07) is 3.14. The van der Waals surface area contributed by atoms with Crippen LogP contribution in [0.4, 0.5) is 0 Å². The summed E-state index contributed by atoms with van der Waals surface area (Å²) in [5.41, 5.74) is 0.748. The Morgan fingerprint density at radius 2 is 1.67 bits per heavy atom. The Morgan fingerprint density at radius 1 is 1.11 bits per heavy atom. The second-order valence-electron chi connectivity index (χ2n) is 4.06. The maximum atomic E-state index is 12.1. The Labute approximate surface area is 108 Å². The summed E-state index contributed by atoms with van der Waals surface area (Å²) in [5, 5.41) is 0. The number of ether oxygens (including phenoxy) is 2. The molecule has 2 heterocycles. The summed E-state index contributed by atoms with van der Waals surface area (Å²) >= 11 is 5.58. The van der Waals surface area contributed by atoms with Crippen LogP contribution in [0.2, 0.25) is 0 Å². The largest absolute Gasteiger partial charge is 0.454 e. The third-order valence-corrected chi connectivity index (χ3v) is 3.25. The number of hydrogen-bond donors (Lipinski definition) is 0. The minimum absolute atomic E-state index is 0.122. The normalized spacial score (nSPS) is 16.4. The van der Waals surface area contributed by atoms with Gasteiger partial charge in [0.15, 0.2) is 11.5 Å². The molecule has 2 aliphatic heterocycles. The second-order valence-corrected chi connectivity index (χ2v) is 4.43. The minimum Gasteiger partial charge on any atom is -0.454 e. The summed E-state index contributed by atoms with van der Waals surface area (Å²) in [7, 11) is 0. The van der Waals surface area contributed by atoms with E-state index in [1.807, 2.05) is 0 Å². The van der Waals surface area contributed by atoms with E-state index in [4.69, 9.17) is 21.1 Å². The van der Waals surface area contributed by atoms with Crippen molar-refractivity contribution >= 4 is 23.4 Å². The number of amides is 2. The van der Waals surface area contributed by atoms with Crippen molar-refractivity contribution in [2.45, 2.75) is 6.42 Å². The van der Waals surface area contributed by atoms with Crippen LogP contribution in [-0.4, -0.2) is 35.9 Å². The molecule has 94 valence electrons. The van der Waals surface area contributed by atoms with Crippen molar-refractivity contribution in [3.8, 4) is 11.5 Å². The van der Waals surface area contributed by atoms with Crippen LogP contribution in [0, 0.1) is 0 Å². The maximum Gasteiger partial charge on any atom is 0.261 e. The molecule has 1 aromatic rings. The zero-order valence-electron chi connectivity index (χ0n) is 9.44. The van der Waals surface area contributed by atoms with Gasteiger partial charge in [0, 0.05) is 12.4 Å². The van der Waals surface area contributed by atoms with Crippen LogP contribution in [-0.2, 0) is 0 Å². The summed E-state index contributed by atoms with van der Waals surface area (Å²) < 4.78 is 10.4. The second kappa shape index (κ2) is 4.17. The van der Waals surface area contributed by atoms with Gasteiger partial charge in [0.2, 0.25) is 6.79 Å². The molecule has 2 aliphatic rings. The zero-order valence-corrected chi connectivity index (χ0v) is 10.2. The van der Waals surface area contributed by atoms with Gasteiger partial charge in [-0.1, -0.05) is 0 Å². The Hall–Kier alpha value is -1.75. The number of rotatable bonds is 3. The lowest BCUT2D eigenvalue weighted by Crippen LogP contribution is -2.30. The van der Waals surface area contributed by atoms with Gasteiger partial charge < -0.3 is 9.47 Å². The molecule has 0 bridgehead atoms. The van der Waals surface area contributed by atoms with Gasteiger partial charge in [-0.05, 0) is 18.6 Å². The van der Waals surface area contributed by atoms with Gasteiger partial charge in [0.1, 0.15) is 0 Å². The van der Waals surface area contributed by atoms with Crippen molar-refractivity contribution in [1.82, 2.24) is 4.90 Å². The van der Waals surface area contributed by atoms with Crippen LogP contribution < -0.4 is 9.47 Å². The fourth-order valence-corrected chi connectivity index (χ4v) is 2.22. The van der Waals surface area contributed by atoms with Crippen molar-refractivity contribution < 1.29 is 19.1 Å². The lowest BCUT2D eigenvalue weighted by Gasteiger charge is -2.11. The third-order valence-electron chi connectivity index (χ3n) is 2.98. The fraction of sp³-hybridized carbons (Fsp3) is 0.333. The zero-order chi connectivity index (χ0) is 12.7. The molecule has 2 amide bonds. The fourth-order valence-electron chi connectivity index (χ4n) is 2.10. The molecule has 0 aliphatic carbocycles. The van der Waals surface area contributed by atoms with Gasteiger partial charge in [0.25, 0.3) is 11.8 Å². The average Bonchev–Trinajstić information content (AvgIpc) is 2.91. The van der Waals surface area contributed by atoms with Crippen LogP contribution in [0.25, 0.3) is 0 Å². The third kappa shape index (κ3) is 1.54. The predicted molar refractivity (Wildman–Crippen MR) is 63.3 cm³/mol. The highest BCUT2D eigenvalue weighted by Crippen LogP contribution is 2.37. The van der Waals surface area contributed by atoms with Crippen LogP contribution in [0.1, 0.15) is 27.1 Å². The van der Waals surface area contributed by atoms with Gasteiger partial charge in [-0.2, -0.15) is 0 Å². The molecular weight excluding hydrogens is 258 g/mol. The highest BCUT2D eigenvalue weighted by molar-refractivity contribution is 6.22. The molecule has 18 heavy (non-hydrogen) atoms. The van der Waals surface area contributed by atoms with E-state index >= 15 is 0 Å². The molecule has 6 heteroatoms. The van der Waals surface area contributed by atoms with Crippen LogP contribution in [0.15, 0.2) is 12.1 Å². The first-order valence-electron chi connectivity index (χ1n) is 5.58. The molecule has 0 unspecified atom stereocenters. The minimum atomic E-state index is -0.293. The Morgan fingerprint density at radius 3 is 2.17 bits per heavy atom. The molecule has 0 spiro atoms. The summed E-state index contributed by atoms with van der Waals surface area (Å²) in [4.78, 5) is 25.4. The van der Waals surface area contributed by atoms with E-state index in [1.54, 1.807) is 12.1 Å². The molecule has 0 fully saturated rings. The van der Waals surface area contributed by atoms with E-state index in [1.165, 1.54) is 4.90 Å². The van der Waals surface area contributed by atoms with Crippen molar-refractivity contribution in [2.24, 2.45) is 0 Å². The predicted octanol–water partition coefficient (Wildman–Crippen LogP) is 1.64. The van der Waals surface area contributed by atoms with Crippen molar-refractivity contribution in [2.75, 3.05) is 19.2 Å². The van der Waals surface area contributed by atoms with Crippen LogP contribution in [0.3, 0.4) is 0 Å². The number of fused-ring (bicyclic) bond motifs is 2. The lowest BCUT2D eigenvalue weighted by atomic mass is 10.1. The van der Waals surface area contributed by atoms with Crippen molar-refractivity contribution in [3.05, 3.63) is 23.3 Å². The molecule has 0 N–H and O–H groups in total. The monoisotopic (exact) mass is 267 g/mol. The quantitative estimate of drug-likeness (QED) is 0.617. The van der Waals surface area contributed by atoms with Gasteiger partial charge >= 0.3 is 0 Å². The Bertz CT molecular complexity index is 500. The van der Waals surface area contributed by atoms with E-state index in [0.717, 1.165) is 0 Å². The first-order valence-corrected chi connectivity index (χ1v) is 6.11. The molecule has 0 radical (unpaired) electrons. The molecule has 0 saturated heterocycles. The molecule has 1 aromatic carbocycles. The summed E-state index contributed by atoms with van der Waals surface area (Å²) in [6.45, 7) is 0.457. The molecule has 5 nitrogen and oxygen atoms in total. The Kier molecular flexibility index (Phi) is 2.63. The van der Waals surface area contributed by atoms with Gasteiger partial charge in [-0.3, -0.25) is 14.5 Å². The number of carbonyl (C=O) groups is 2. The van der Waals surface area contributed by atoms with E-state index in [2.05, 4.69) is 0 Å². The first-order chi connectivity index (χ1) is 8.72. The standard InChI is InChI=1S/C12H10ClNO4/c13-2-1-3-14-11(15)7-4-9-10(18-6-17-9)5-8(7)12(14)16/h4-5H,1-3,6H2. The van der Waals surface area contributed by atoms with Gasteiger partial charge in [0.05, 0.1) is 11.1 Å². The number of benzene rings is 1. The SMILES string of the molecule is O=C1c2cc3c(cc2C(=O)N1CCCCl)OCO3. The van der Waals surface area contributed by atoms with Gasteiger partial charge in [-0.25, -0.2) is 0 Å². The molecular formula is C12H10ClNO4. The van der Waals surface area contributed by atoms with Crippen molar-refractivity contribution in [3.63, 3.8) is 0 Å². The van der Waals surface area contributed by atoms with Crippen LogP contribution >= 0.6 is 11.6 Å². The maximum absolute atomic E-state index is 12.1. The highest BCUT2D eigenvalue weighted by atomic mass is 35.5. The van der Waals surface area contributed by atoms with E-state index < -0.39 is 0 Å². The highest BCUT2D eigenvalue weighted by Gasteiger charge is 2.37. The first kappa shape index (κ1) is 11.3. The van der Waals surface area contributed by atoms with Crippen molar-refractivity contribution in [1.29, 1.82) is 0 Å². The molecule has 0 aromatic heterocycles. The van der Waals surface area contributed by atoms with E-state index in [0.29, 0.717) is 41.5 Å². The number of hydrogen-bond acceptors (Lipinski definition) is 4. The van der Waals surface area contributed by atoms with Gasteiger partial charge in [-0.15, -0.1) is 11.6 Å². The molecule has 0 atom stereocenters. The number of alkyl halides is 1. The lowest BCUT2D eigenvalue weighted by molar-refractivity contribution is 0.0654. The number of nitrogens with zero attached hydrogens (tertiary/aromatic N) is 1. The summed E-state index contributed by atoms with van der Waals surface area (Å²) in [6.07, 6.45) is 0.583. The van der Waals surface area contributed by atoms with Crippen LogP contribution in [0.5, 0.6) is 11.5 Å². The number of imide groups is 1. The number of halogens is 1. The Balaban J connectivity index is 1.98. The average molecular weight is 268 g/mol. The smallest absolute Gasteiger partial charge is 0.261 e.